The normalized spacial score (nSPS) is 10.4. The first-order valence-corrected chi connectivity index (χ1v) is 9.00. The largest absolute Gasteiger partial charge is 0.496 e. The fraction of sp³-hybridized carbons (Fsp3) is 0.333. The lowest BCUT2D eigenvalue weighted by atomic mass is 10.1. The van der Waals surface area contributed by atoms with Crippen molar-refractivity contribution in [3.8, 4) is 5.75 Å². The number of rotatable bonds is 6. The van der Waals surface area contributed by atoms with Crippen LogP contribution in [0.2, 0.25) is 5.02 Å². The Morgan fingerprint density at radius 1 is 1.28 bits per heavy atom. The van der Waals surface area contributed by atoms with E-state index >= 15 is 0 Å². The Morgan fingerprint density at radius 3 is 2.64 bits per heavy atom. The Hall–Kier alpha value is -2.05. The van der Waals surface area contributed by atoms with E-state index in [1.54, 1.807) is 12.1 Å². The van der Waals surface area contributed by atoms with Gasteiger partial charge >= 0.3 is 5.97 Å². The van der Waals surface area contributed by atoms with Gasteiger partial charge in [0.1, 0.15) is 10.8 Å². The predicted molar refractivity (Wildman–Crippen MR) is 100 cm³/mol. The molecule has 25 heavy (non-hydrogen) atoms. The van der Waals surface area contributed by atoms with Crippen molar-refractivity contribution in [2.24, 2.45) is 0 Å². The fourth-order valence-electron chi connectivity index (χ4n) is 2.26. The lowest BCUT2D eigenvalue weighted by Gasteiger charge is -2.10. The number of benzene rings is 1. The van der Waals surface area contributed by atoms with Gasteiger partial charge in [-0.2, -0.15) is 0 Å². The third kappa shape index (κ3) is 4.32. The summed E-state index contributed by atoms with van der Waals surface area (Å²) in [6.07, 6.45) is 0.731. The first-order valence-electron chi connectivity index (χ1n) is 7.81. The van der Waals surface area contributed by atoms with Crippen LogP contribution in [0.5, 0.6) is 5.75 Å². The Labute approximate surface area is 155 Å². The van der Waals surface area contributed by atoms with Crippen molar-refractivity contribution in [2.45, 2.75) is 27.2 Å². The summed E-state index contributed by atoms with van der Waals surface area (Å²) in [5, 5.41) is 3.67. The van der Waals surface area contributed by atoms with Crippen molar-refractivity contribution in [3.05, 3.63) is 44.8 Å². The minimum Gasteiger partial charge on any atom is -0.496 e. The third-order valence-electron chi connectivity index (χ3n) is 3.66. The highest BCUT2D eigenvalue weighted by Gasteiger charge is 2.23. The molecule has 0 unspecified atom stereocenters. The van der Waals surface area contributed by atoms with Crippen LogP contribution in [0.15, 0.2) is 18.2 Å². The molecule has 0 atom stereocenters. The number of thiophene rings is 1. The monoisotopic (exact) mass is 381 g/mol. The van der Waals surface area contributed by atoms with E-state index in [2.05, 4.69) is 5.32 Å². The smallest absolute Gasteiger partial charge is 0.341 e. The predicted octanol–water partition coefficient (Wildman–Crippen LogP) is 4.85. The zero-order valence-electron chi connectivity index (χ0n) is 14.6. The maximum atomic E-state index is 12.7. The summed E-state index contributed by atoms with van der Waals surface area (Å²) in [6.45, 7) is 5.99. The van der Waals surface area contributed by atoms with Gasteiger partial charge in [-0.3, -0.25) is 4.79 Å². The quantitative estimate of drug-likeness (QED) is 0.726. The number of nitrogens with one attached hydrogen (secondary N) is 1. The highest BCUT2D eigenvalue weighted by atomic mass is 35.5. The van der Waals surface area contributed by atoms with E-state index in [9.17, 15) is 9.59 Å². The van der Waals surface area contributed by atoms with Gasteiger partial charge in [0.05, 0.1) is 24.8 Å². The van der Waals surface area contributed by atoms with Crippen LogP contribution in [0, 0.1) is 13.8 Å². The number of hydrogen-bond donors (Lipinski definition) is 1. The number of esters is 1. The summed E-state index contributed by atoms with van der Waals surface area (Å²) in [4.78, 5) is 25.9. The van der Waals surface area contributed by atoms with Crippen LogP contribution in [-0.4, -0.2) is 25.6 Å². The average molecular weight is 382 g/mol. The lowest BCUT2D eigenvalue weighted by Crippen LogP contribution is -2.16. The topological polar surface area (TPSA) is 64.6 Å². The molecule has 0 saturated heterocycles. The molecule has 5 nitrogen and oxygen atoms in total. The number of carbonyl (C=O) groups is 2. The highest BCUT2D eigenvalue weighted by Crippen LogP contribution is 2.34. The summed E-state index contributed by atoms with van der Waals surface area (Å²) in [7, 11) is 1.48. The van der Waals surface area contributed by atoms with Crippen LogP contribution in [0.4, 0.5) is 5.00 Å². The van der Waals surface area contributed by atoms with Gasteiger partial charge in [0.25, 0.3) is 5.91 Å². The summed E-state index contributed by atoms with van der Waals surface area (Å²) in [5.41, 5.74) is 1.50. The number of amides is 1. The number of carbonyl (C=O) groups excluding carboxylic acids is 2. The Balaban J connectivity index is 2.34. The molecule has 0 bridgehead atoms. The maximum Gasteiger partial charge on any atom is 0.341 e. The molecule has 1 heterocycles. The molecule has 1 aromatic heterocycles. The molecule has 0 saturated carbocycles. The van der Waals surface area contributed by atoms with Gasteiger partial charge in [-0.25, -0.2) is 4.79 Å². The number of anilines is 1. The second-order valence-electron chi connectivity index (χ2n) is 5.42. The van der Waals surface area contributed by atoms with Gasteiger partial charge in [0, 0.05) is 9.90 Å². The molecule has 1 aromatic carbocycles. The molecule has 1 N–H and O–H groups in total. The Bertz CT molecular complexity index is 801. The highest BCUT2D eigenvalue weighted by molar-refractivity contribution is 7.16. The minimum atomic E-state index is -0.433. The van der Waals surface area contributed by atoms with Crippen molar-refractivity contribution in [1.29, 1.82) is 0 Å². The molecule has 0 aliphatic carbocycles. The van der Waals surface area contributed by atoms with Crippen LogP contribution >= 0.6 is 22.9 Å². The Kier molecular flexibility index (Phi) is 6.45. The second-order valence-corrected chi connectivity index (χ2v) is 7.08. The van der Waals surface area contributed by atoms with Crippen molar-refractivity contribution in [1.82, 2.24) is 0 Å². The van der Waals surface area contributed by atoms with Crippen molar-refractivity contribution in [2.75, 3.05) is 19.0 Å². The van der Waals surface area contributed by atoms with Gasteiger partial charge in [-0.15, -0.1) is 11.3 Å². The first kappa shape index (κ1) is 19.3. The van der Waals surface area contributed by atoms with E-state index in [1.807, 2.05) is 20.8 Å². The Morgan fingerprint density at radius 2 is 2.00 bits per heavy atom. The summed E-state index contributed by atoms with van der Waals surface area (Å²) in [6, 6.07) is 4.79. The van der Waals surface area contributed by atoms with Crippen LogP contribution < -0.4 is 10.1 Å². The molecule has 2 aromatic rings. The average Bonchev–Trinajstić information content (AvgIpc) is 2.86. The molecule has 0 aliphatic heterocycles. The maximum absolute atomic E-state index is 12.7. The summed E-state index contributed by atoms with van der Waals surface area (Å²) in [5.74, 6) is -0.427. The van der Waals surface area contributed by atoms with Crippen molar-refractivity contribution < 1.29 is 19.1 Å². The minimum absolute atomic E-state index is 0.298. The molecule has 0 radical (unpaired) electrons. The zero-order valence-corrected chi connectivity index (χ0v) is 16.1. The van der Waals surface area contributed by atoms with Crippen LogP contribution in [-0.2, 0) is 4.74 Å². The standard InChI is InChI=1S/C18H20ClNO4S/c1-5-8-24-18(22)15-10(2)11(3)25-17(15)20-16(21)13-9-12(19)6-7-14(13)23-4/h6-7,9H,5,8H2,1-4H3,(H,20,21). The molecule has 2 rings (SSSR count). The van der Waals surface area contributed by atoms with E-state index < -0.39 is 11.9 Å². The van der Waals surface area contributed by atoms with E-state index in [0.717, 1.165) is 16.9 Å². The van der Waals surface area contributed by atoms with Gasteiger partial charge in [0.15, 0.2) is 0 Å². The number of ether oxygens (including phenoxy) is 2. The molecular formula is C18H20ClNO4S. The third-order valence-corrected chi connectivity index (χ3v) is 5.02. The SMILES string of the molecule is CCCOC(=O)c1c(NC(=O)c2cc(Cl)ccc2OC)sc(C)c1C. The number of hydrogen-bond acceptors (Lipinski definition) is 5. The molecule has 7 heteroatoms. The number of halogens is 1. The lowest BCUT2D eigenvalue weighted by molar-refractivity contribution is 0.0506. The molecule has 0 fully saturated rings. The van der Waals surface area contributed by atoms with Crippen molar-refractivity contribution >= 4 is 39.8 Å². The number of methoxy groups -OCH3 is 1. The van der Waals surface area contributed by atoms with Gasteiger partial charge in [-0.1, -0.05) is 18.5 Å². The molecule has 0 spiro atoms. The number of aryl methyl sites for hydroxylation is 1. The molecular weight excluding hydrogens is 362 g/mol. The van der Waals surface area contributed by atoms with Crippen LogP contribution in [0.25, 0.3) is 0 Å². The summed E-state index contributed by atoms with van der Waals surface area (Å²) >= 11 is 7.32. The fourth-order valence-corrected chi connectivity index (χ4v) is 3.47. The van der Waals surface area contributed by atoms with Crippen LogP contribution in [0.3, 0.4) is 0 Å². The molecule has 134 valence electrons. The van der Waals surface area contributed by atoms with Crippen LogP contribution in [0.1, 0.15) is 44.5 Å². The van der Waals surface area contributed by atoms with E-state index in [1.165, 1.54) is 24.5 Å². The van der Waals surface area contributed by atoms with Gasteiger partial charge in [-0.05, 0) is 44.0 Å². The van der Waals surface area contributed by atoms with E-state index in [4.69, 9.17) is 21.1 Å². The summed E-state index contributed by atoms with van der Waals surface area (Å²) < 4.78 is 10.4. The first-order chi connectivity index (χ1) is 11.9. The second kappa shape index (κ2) is 8.36. The molecule has 0 aliphatic rings. The van der Waals surface area contributed by atoms with Gasteiger partial charge < -0.3 is 14.8 Å². The van der Waals surface area contributed by atoms with E-state index in [0.29, 0.717) is 33.5 Å². The molecule has 1 amide bonds. The van der Waals surface area contributed by atoms with E-state index in [-0.39, 0.29) is 0 Å². The zero-order chi connectivity index (χ0) is 18.6. The van der Waals surface area contributed by atoms with Crippen molar-refractivity contribution in [3.63, 3.8) is 0 Å². The van der Waals surface area contributed by atoms with Gasteiger partial charge in [0.2, 0.25) is 0 Å².